The number of aliphatic hydroxyl groups is 1. The number of nitrogens with zero attached hydrogens (tertiary/aromatic N) is 1. The van der Waals surface area contributed by atoms with Crippen molar-refractivity contribution in [1.82, 2.24) is 4.90 Å². The number of aliphatic hydroxyl groups excluding tert-OH is 1. The monoisotopic (exact) mass is 355 g/mol. The third-order valence-corrected chi connectivity index (χ3v) is 5.52. The number of hydrogen-bond donors (Lipinski definition) is 1. The number of halogens is 1. The van der Waals surface area contributed by atoms with Crippen LogP contribution in [0.25, 0.3) is 0 Å². The van der Waals surface area contributed by atoms with E-state index in [4.69, 9.17) is 9.47 Å². The number of benzene rings is 1. The van der Waals surface area contributed by atoms with E-state index >= 15 is 0 Å². The summed E-state index contributed by atoms with van der Waals surface area (Å²) < 4.78 is 10.9. The quantitative estimate of drug-likeness (QED) is 0.876. The molecule has 2 aliphatic rings. The lowest BCUT2D eigenvalue weighted by atomic mass is 9.80. The van der Waals surface area contributed by atoms with Crippen LogP contribution in [0.2, 0.25) is 0 Å². The largest absolute Gasteiger partial charge is 0.493 e. The molecule has 1 aromatic carbocycles. The van der Waals surface area contributed by atoms with Crippen LogP contribution in [0, 0.1) is 5.92 Å². The molecule has 136 valence electrons. The number of rotatable bonds is 5. The van der Waals surface area contributed by atoms with Gasteiger partial charge in [0, 0.05) is 19.1 Å². The fourth-order valence-corrected chi connectivity index (χ4v) is 4.17. The van der Waals surface area contributed by atoms with Gasteiger partial charge in [-0.1, -0.05) is 19.8 Å². The Bertz CT molecular complexity index is 552. The minimum Gasteiger partial charge on any atom is -0.493 e. The highest BCUT2D eigenvalue weighted by atomic mass is 35.5. The summed E-state index contributed by atoms with van der Waals surface area (Å²) in [6.07, 6.45) is 5.23. The number of ether oxygens (including phenoxy) is 2. The van der Waals surface area contributed by atoms with E-state index in [1.54, 1.807) is 14.2 Å². The third kappa shape index (κ3) is 3.66. The van der Waals surface area contributed by atoms with Crippen molar-refractivity contribution in [3.63, 3.8) is 0 Å². The summed E-state index contributed by atoms with van der Waals surface area (Å²) in [6.45, 7) is 4.30. The first-order valence-electron chi connectivity index (χ1n) is 8.84. The summed E-state index contributed by atoms with van der Waals surface area (Å²) >= 11 is 0. The van der Waals surface area contributed by atoms with Gasteiger partial charge in [0.15, 0.2) is 11.5 Å². The highest BCUT2D eigenvalue weighted by Gasteiger charge is 2.38. The molecule has 4 nitrogen and oxygen atoms in total. The maximum atomic E-state index is 10.6. The van der Waals surface area contributed by atoms with Gasteiger partial charge in [-0.25, -0.2) is 0 Å². The first-order chi connectivity index (χ1) is 11.2. The van der Waals surface area contributed by atoms with Crippen LogP contribution in [0.1, 0.15) is 49.8 Å². The maximum absolute atomic E-state index is 10.6. The zero-order valence-corrected chi connectivity index (χ0v) is 15.8. The van der Waals surface area contributed by atoms with Crippen LogP contribution in [0.3, 0.4) is 0 Å². The molecule has 24 heavy (non-hydrogen) atoms. The van der Waals surface area contributed by atoms with E-state index in [0.717, 1.165) is 43.9 Å². The van der Waals surface area contributed by atoms with E-state index in [9.17, 15) is 5.11 Å². The van der Waals surface area contributed by atoms with Crippen molar-refractivity contribution < 1.29 is 14.6 Å². The van der Waals surface area contributed by atoms with Gasteiger partial charge in [0.25, 0.3) is 0 Å². The van der Waals surface area contributed by atoms with Crippen molar-refractivity contribution in [2.24, 2.45) is 5.92 Å². The van der Waals surface area contributed by atoms with Crippen molar-refractivity contribution in [3.8, 4) is 11.5 Å². The Kier molecular flexibility index (Phi) is 6.79. The lowest BCUT2D eigenvalue weighted by Gasteiger charge is -2.46. The first kappa shape index (κ1) is 19.4. The number of methoxy groups -OCH3 is 2. The summed E-state index contributed by atoms with van der Waals surface area (Å²) in [5.41, 5.74) is 2.64. The molecule has 1 aromatic rings. The molecule has 0 amide bonds. The van der Waals surface area contributed by atoms with E-state index < -0.39 is 0 Å². The Hall–Kier alpha value is -0.970. The fraction of sp³-hybridized carbons (Fsp3) is 0.684. The minimum atomic E-state index is -0.193. The Balaban J connectivity index is 0.00000208. The van der Waals surface area contributed by atoms with Gasteiger partial charge in [-0.3, -0.25) is 4.90 Å². The van der Waals surface area contributed by atoms with Gasteiger partial charge in [-0.2, -0.15) is 0 Å². The van der Waals surface area contributed by atoms with Gasteiger partial charge < -0.3 is 14.6 Å². The van der Waals surface area contributed by atoms with Gasteiger partial charge in [-0.15, -0.1) is 12.4 Å². The topological polar surface area (TPSA) is 41.9 Å². The van der Waals surface area contributed by atoms with Crippen LogP contribution < -0.4 is 9.47 Å². The number of fused-ring (bicyclic) bond motifs is 3. The molecule has 0 spiro atoms. The molecule has 3 atom stereocenters. The summed E-state index contributed by atoms with van der Waals surface area (Å²) in [6, 6.07) is 4.54. The molecule has 1 saturated heterocycles. The SMILES string of the molecule is CCCCC1CN2CCc3cc(OC)c(OC)cc3C2CC1O.Cl. The second kappa shape index (κ2) is 8.41. The summed E-state index contributed by atoms with van der Waals surface area (Å²) in [5.74, 6) is 2.01. The predicted molar refractivity (Wildman–Crippen MR) is 98.5 cm³/mol. The van der Waals surface area contributed by atoms with Gasteiger partial charge in [-0.05, 0) is 48.4 Å². The highest BCUT2D eigenvalue weighted by molar-refractivity contribution is 5.85. The number of piperidine rings is 1. The molecule has 3 rings (SSSR count). The van der Waals surface area contributed by atoms with Gasteiger partial charge in [0.1, 0.15) is 0 Å². The summed E-state index contributed by atoms with van der Waals surface area (Å²) in [4.78, 5) is 2.56. The van der Waals surface area contributed by atoms with E-state index in [0.29, 0.717) is 12.0 Å². The third-order valence-electron chi connectivity index (χ3n) is 5.52. The average molecular weight is 356 g/mol. The second-order valence-electron chi connectivity index (χ2n) is 6.87. The standard InChI is InChI=1S/C19H29NO3.ClH/c1-4-5-6-14-12-20-8-7-13-9-18(22-2)19(23-3)10-15(13)16(20)11-17(14)21;/h9-10,14,16-17,21H,4-8,11-12H2,1-3H3;1H. The molecule has 1 N–H and O–H groups in total. The summed E-state index contributed by atoms with van der Waals surface area (Å²) in [7, 11) is 3.36. The molecule has 0 aromatic heterocycles. The Morgan fingerprint density at radius 2 is 1.92 bits per heavy atom. The second-order valence-corrected chi connectivity index (χ2v) is 6.87. The lowest BCUT2D eigenvalue weighted by Crippen LogP contribution is -2.47. The van der Waals surface area contributed by atoms with Crippen molar-refractivity contribution in [2.75, 3.05) is 27.3 Å². The fourth-order valence-electron chi connectivity index (χ4n) is 4.17. The highest BCUT2D eigenvalue weighted by Crippen LogP contribution is 2.43. The average Bonchev–Trinajstić information content (AvgIpc) is 2.58. The zero-order valence-electron chi connectivity index (χ0n) is 15.0. The van der Waals surface area contributed by atoms with Crippen molar-refractivity contribution in [1.29, 1.82) is 0 Å². The molecule has 1 fully saturated rings. The molecule has 2 heterocycles. The molecule has 5 heteroatoms. The van der Waals surface area contributed by atoms with Crippen LogP contribution in [0.4, 0.5) is 0 Å². The van der Waals surface area contributed by atoms with Crippen molar-refractivity contribution in [2.45, 2.75) is 51.2 Å². The molecular weight excluding hydrogens is 326 g/mol. The molecule has 0 saturated carbocycles. The Morgan fingerprint density at radius 1 is 1.21 bits per heavy atom. The van der Waals surface area contributed by atoms with E-state index in [1.165, 1.54) is 24.0 Å². The van der Waals surface area contributed by atoms with Gasteiger partial charge in [0.05, 0.1) is 20.3 Å². The van der Waals surface area contributed by atoms with Crippen molar-refractivity contribution in [3.05, 3.63) is 23.3 Å². The lowest BCUT2D eigenvalue weighted by molar-refractivity contribution is -0.0156. The molecule has 0 aliphatic carbocycles. The molecular formula is C19H30ClNO3. The van der Waals surface area contributed by atoms with Gasteiger partial charge >= 0.3 is 0 Å². The smallest absolute Gasteiger partial charge is 0.161 e. The molecule has 0 radical (unpaired) electrons. The normalized spacial score (nSPS) is 26.1. The minimum absolute atomic E-state index is 0. The predicted octanol–water partition coefficient (Wildman–Crippen LogP) is 3.60. The molecule has 3 unspecified atom stereocenters. The Morgan fingerprint density at radius 3 is 2.58 bits per heavy atom. The van der Waals surface area contributed by atoms with Crippen LogP contribution >= 0.6 is 12.4 Å². The maximum Gasteiger partial charge on any atom is 0.161 e. The number of hydrogen-bond acceptors (Lipinski definition) is 4. The first-order valence-corrected chi connectivity index (χ1v) is 8.84. The molecule has 2 aliphatic heterocycles. The van der Waals surface area contributed by atoms with Crippen molar-refractivity contribution >= 4 is 12.4 Å². The van der Waals surface area contributed by atoms with Crippen LogP contribution in [-0.4, -0.2) is 43.4 Å². The van der Waals surface area contributed by atoms with E-state index in [2.05, 4.69) is 24.0 Å². The number of unbranched alkanes of at least 4 members (excludes halogenated alkanes) is 1. The summed E-state index contributed by atoms with van der Waals surface area (Å²) in [5, 5.41) is 10.6. The Labute approximate surface area is 151 Å². The zero-order chi connectivity index (χ0) is 16.4. The van der Waals surface area contributed by atoms with E-state index in [1.807, 2.05) is 0 Å². The van der Waals surface area contributed by atoms with E-state index in [-0.39, 0.29) is 18.5 Å². The van der Waals surface area contributed by atoms with Crippen LogP contribution in [0.5, 0.6) is 11.5 Å². The van der Waals surface area contributed by atoms with Gasteiger partial charge in [0.2, 0.25) is 0 Å². The molecule has 0 bridgehead atoms. The van der Waals surface area contributed by atoms with Crippen LogP contribution in [0.15, 0.2) is 12.1 Å². The van der Waals surface area contributed by atoms with Crippen LogP contribution in [-0.2, 0) is 6.42 Å².